The molecule has 0 aliphatic carbocycles. The summed E-state index contributed by atoms with van der Waals surface area (Å²) in [6.45, 7) is 9.30. The number of pyridine rings is 1. The smallest absolute Gasteiger partial charge is 0.271 e. The molecule has 1 aromatic carbocycles. The van der Waals surface area contributed by atoms with Crippen molar-refractivity contribution in [1.82, 2.24) is 40.3 Å². The van der Waals surface area contributed by atoms with Crippen LogP contribution >= 0.6 is 0 Å². The van der Waals surface area contributed by atoms with Crippen LogP contribution < -0.4 is 5.32 Å². The molecule has 0 atom stereocenters. The van der Waals surface area contributed by atoms with Gasteiger partial charge in [0.1, 0.15) is 11.4 Å². The van der Waals surface area contributed by atoms with E-state index in [0.29, 0.717) is 17.2 Å². The van der Waals surface area contributed by atoms with Gasteiger partial charge in [-0.15, -0.1) is 0 Å². The third kappa shape index (κ3) is 4.69. The van der Waals surface area contributed by atoms with E-state index in [9.17, 15) is 4.79 Å². The van der Waals surface area contributed by atoms with Crippen LogP contribution in [0, 0.1) is 6.92 Å². The number of aromatic amines is 2. The van der Waals surface area contributed by atoms with Crippen molar-refractivity contribution in [3.63, 3.8) is 0 Å². The topological polar surface area (TPSA) is 106 Å². The van der Waals surface area contributed by atoms with E-state index >= 15 is 0 Å². The summed E-state index contributed by atoms with van der Waals surface area (Å²) in [4.78, 5) is 29.5. The lowest BCUT2D eigenvalue weighted by Gasteiger charge is -2.19. The van der Waals surface area contributed by atoms with Gasteiger partial charge in [0.15, 0.2) is 5.82 Å². The third-order valence-corrected chi connectivity index (χ3v) is 6.80. The van der Waals surface area contributed by atoms with Crippen molar-refractivity contribution in [3.05, 3.63) is 53.6 Å². The number of carbonyl (C=O) groups excluding carboxylic acids is 1. The van der Waals surface area contributed by atoms with Gasteiger partial charge in [0.2, 0.25) is 0 Å². The Bertz CT molecular complexity index is 1340. The molecule has 1 saturated heterocycles. The standard InChI is InChI=1S/C26H32N8O/c1-4-27-13-19-14-28-15-21(17(19)2)18-6-7-22-20(12-18)24(32-31-22)25-29-16-23(30-25)26(35)34-9-5-8-33(3)10-11-34/h6-7,12,14-16,27H,4-5,8-11,13H2,1-3H3,(H,29,30)(H,31,32). The Morgan fingerprint density at radius 1 is 1.14 bits per heavy atom. The molecule has 0 radical (unpaired) electrons. The molecule has 0 bridgehead atoms. The Morgan fingerprint density at radius 3 is 2.89 bits per heavy atom. The zero-order chi connectivity index (χ0) is 24.4. The first-order chi connectivity index (χ1) is 17.0. The molecule has 0 spiro atoms. The number of likely N-dealkylation sites (N-methyl/N-ethyl adjacent to an activating group) is 1. The highest BCUT2D eigenvalue weighted by Crippen LogP contribution is 2.31. The molecule has 4 heterocycles. The van der Waals surface area contributed by atoms with Crippen molar-refractivity contribution in [2.45, 2.75) is 26.8 Å². The van der Waals surface area contributed by atoms with Gasteiger partial charge in [-0.25, -0.2) is 4.98 Å². The summed E-state index contributed by atoms with van der Waals surface area (Å²) in [5.74, 6) is 0.568. The van der Waals surface area contributed by atoms with Crippen molar-refractivity contribution in [2.24, 2.45) is 0 Å². The van der Waals surface area contributed by atoms with Crippen LogP contribution in [-0.2, 0) is 6.54 Å². The number of nitrogens with one attached hydrogen (secondary N) is 3. The van der Waals surface area contributed by atoms with Crippen LogP contribution in [0.25, 0.3) is 33.5 Å². The van der Waals surface area contributed by atoms with Gasteiger partial charge < -0.3 is 20.1 Å². The molecule has 9 heteroatoms. The Kier molecular flexibility index (Phi) is 6.61. The van der Waals surface area contributed by atoms with Crippen molar-refractivity contribution < 1.29 is 4.79 Å². The lowest BCUT2D eigenvalue weighted by atomic mass is 9.98. The highest BCUT2D eigenvalue weighted by molar-refractivity contribution is 5.96. The Balaban J connectivity index is 1.45. The van der Waals surface area contributed by atoms with E-state index in [1.807, 2.05) is 23.4 Å². The predicted molar refractivity (Wildman–Crippen MR) is 137 cm³/mol. The van der Waals surface area contributed by atoms with Crippen molar-refractivity contribution in [3.8, 4) is 22.6 Å². The van der Waals surface area contributed by atoms with E-state index in [0.717, 1.165) is 67.7 Å². The van der Waals surface area contributed by atoms with E-state index in [2.05, 4.69) is 68.4 Å². The zero-order valence-corrected chi connectivity index (χ0v) is 20.6. The monoisotopic (exact) mass is 472 g/mol. The summed E-state index contributed by atoms with van der Waals surface area (Å²) in [5.41, 5.74) is 6.66. The summed E-state index contributed by atoms with van der Waals surface area (Å²) >= 11 is 0. The van der Waals surface area contributed by atoms with Gasteiger partial charge >= 0.3 is 0 Å². The van der Waals surface area contributed by atoms with Crippen LogP contribution in [0.15, 0.2) is 36.8 Å². The molecule has 1 fully saturated rings. The average molecular weight is 473 g/mol. The third-order valence-electron chi connectivity index (χ3n) is 6.80. The second-order valence-corrected chi connectivity index (χ2v) is 9.18. The average Bonchev–Trinajstić information content (AvgIpc) is 3.46. The zero-order valence-electron chi connectivity index (χ0n) is 20.6. The molecule has 3 aromatic heterocycles. The SMILES string of the molecule is CCNCc1cncc(-c2ccc3[nH]nc(-c4ncc(C(=O)N5CCCN(C)CC5)[nH]4)c3c2)c1C. The van der Waals surface area contributed by atoms with Crippen molar-refractivity contribution in [1.29, 1.82) is 0 Å². The molecule has 1 aliphatic rings. The van der Waals surface area contributed by atoms with Gasteiger partial charge in [0, 0.05) is 49.5 Å². The number of fused-ring (bicyclic) bond motifs is 1. The van der Waals surface area contributed by atoms with E-state index in [-0.39, 0.29) is 5.91 Å². The molecular weight excluding hydrogens is 440 g/mol. The maximum Gasteiger partial charge on any atom is 0.271 e. The predicted octanol–water partition coefficient (Wildman–Crippen LogP) is 3.21. The van der Waals surface area contributed by atoms with Crippen LogP contribution in [-0.4, -0.2) is 80.6 Å². The number of hydrogen-bond donors (Lipinski definition) is 3. The lowest BCUT2D eigenvalue weighted by Crippen LogP contribution is -2.34. The number of imidazole rings is 1. The lowest BCUT2D eigenvalue weighted by molar-refractivity contribution is 0.0757. The molecular formula is C26H32N8O. The minimum atomic E-state index is -0.0150. The second-order valence-electron chi connectivity index (χ2n) is 9.18. The van der Waals surface area contributed by atoms with Gasteiger partial charge in [-0.2, -0.15) is 5.10 Å². The summed E-state index contributed by atoms with van der Waals surface area (Å²) in [7, 11) is 2.09. The molecule has 35 heavy (non-hydrogen) atoms. The van der Waals surface area contributed by atoms with Gasteiger partial charge in [0.05, 0.1) is 11.7 Å². The van der Waals surface area contributed by atoms with E-state index < -0.39 is 0 Å². The fourth-order valence-corrected chi connectivity index (χ4v) is 4.63. The highest BCUT2D eigenvalue weighted by Gasteiger charge is 2.22. The summed E-state index contributed by atoms with van der Waals surface area (Å²) < 4.78 is 0. The normalized spacial score (nSPS) is 15.0. The Morgan fingerprint density at radius 2 is 2.03 bits per heavy atom. The van der Waals surface area contributed by atoms with Crippen molar-refractivity contribution in [2.75, 3.05) is 39.8 Å². The molecule has 1 amide bonds. The maximum atomic E-state index is 13.1. The van der Waals surface area contributed by atoms with E-state index in [4.69, 9.17) is 0 Å². The minimum absolute atomic E-state index is 0.0150. The molecule has 182 valence electrons. The number of benzene rings is 1. The van der Waals surface area contributed by atoms with Gasteiger partial charge in [-0.05, 0) is 62.3 Å². The number of hydrogen-bond acceptors (Lipinski definition) is 6. The number of amides is 1. The Hall–Kier alpha value is -3.56. The quantitative estimate of drug-likeness (QED) is 0.398. The molecule has 0 unspecified atom stereocenters. The van der Waals surface area contributed by atoms with E-state index in [1.165, 1.54) is 11.1 Å². The number of aromatic nitrogens is 5. The fraction of sp³-hybridized carbons (Fsp3) is 0.385. The van der Waals surface area contributed by atoms with Crippen LogP contribution in [0.5, 0.6) is 0 Å². The number of rotatable bonds is 6. The summed E-state index contributed by atoms with van der Waals surface area (Å²) in [5, 5.41) is 11.9. The van der Waals surface area contributed by atoms with Gasteiger partial charge in [0.25, 0.3) is 5.91 Å². The first kappa shape index (κ1) is 23.2. The minimum Gasteiger partial charge on any atom is -0.336 e. The first-order valence-electron chi connectivity index (χ1n) is 12.2. The van der Waals surface area contributed by atoms with Crippen LogP contribution in [0.4, 0.5) is 0 Å². The van der Waals surface area contributed by atoms with E-state index in [1.54, 1.807) is 6.20 Å². The molecule has 5 rings (SSSR count). The molecule has 1 aliphatic heterocycles. The summed E-state index contributed by atoms with van der Waals surface area (Å²) in [6, 6.07) is 6.23. The molecule has 4 aromatic rings. The summed E-state index contributed by atoms with van der Waals surface area (Å²) in [6.07, 6.45) is 6.43. The number of H-pyrrole nitrogens is 2. The molecule has 0 saturated carbocycles. The van der Waals surface area contributed by atoms with Gasteiger partial charge in [-0.3, -0.25) is 14.9 Å². The molecule has 3 N–H and O–H groups in total. The van der Waals surface area contributed by atoms with Crippen LogP contribution in [0.2, 0.25) is 0 Å². The van der Waals surface area contributed by atoms with Crippen LogP contribution in [0.1, 0.15) is 35.0 Å². The number of nitrogens with zero attached hydrogens (tertiary/aromatic N) is 5. The molecule has 9 nitrogen and oxygen atoms in total. The maximum absolute atomic E-state index is 13.1. The largest absolute Gasteiger partial charge is 0.336 e. The Labute approximate surface area is 205 Å². The van der Waals surface area contributed by atoms with Gasteiger partial charge in [-0.1, -0.05) is 13.0 Å². The first-order valence-corrected chi connectivity index (χ1v) is 12.2. The van der Waals surface area contributed by atoms with Crippen molar-refractivity contribution >= 4 is 16.8 Å². The number of carbonyl (C=O) groups is 1. The highest BCUT2D eigenvalue weighted by atomic mass is 16.2. The fourth-order valence-electron chi connectivity index (χ4n) is 4.63. The van der Waals surface area contributed by atoms with Crippen LogP contribution in [0.3, 0.4) is 0 Å². The second kappa shape index (κ2) is 9.97.